The second-order valence-corrected chi connectivity index (χ2v) is 7.43. The third-order valence-electron chi connectivity index (χ3n) is 3.20. The maximum atomic E-state index is 11.8. The molecule has 0 unspecified atom stereocenters. The first-order valence-corrected chi connectivity index (χ1v) is 7.78. The molecule has 1 aromatic rings. The monoisotopic (exact) mass is 253 g/mol. The van der Waals surface area contributed by atoms with Crippen molar-refractivity contribution in [3.8, 4) is 0 Å². The molecular formula is C13H19NO2S. The second kappa shape index (κ2) is 4.69. The van der Waals surface area contributed by atoms with Crippen LogP contribution in [0, 0.1) is 0 Å². The van der Waals surface area contributed by atoms with Crippen LogP contribution in [0.5, 0.6) is 0 Å². The van der Waals surface area contributed by atoms with Gasteiger partial charge >= 0.3 is 0 Å². The van der Waals surface area contributed by atoms with Crippen molar-refractivity contribution in [2.75, 3.05) is 11.9 Å². The van der Waals surface area contributed by atoms with Gasteiger partial charge in [-0.25, -0.2) is 8.42 Å². The number of benzene rings is 1. The van der Waals surface area contributed by atoms with E-state index in [9.17, 15) is 8.42 Å². The molecule has 0 aliphatic carbocycles. The number of rotatable bonds is 3. The maximum absolute atomic E-state index is 11.8. The lowest BCUT2D eigenvalue weighted by atomic mass is 10.0. The van der Waals surface area contributed by atoms with Crippen LogP contribution in [0.15, 0.2) is 18.2 Å². The fourth-order valence-electron chi connectivity index (χ4n) is 2.00. The molecular weight excluding hydrogens is 234 g/mol. The van der Waals surface area contributed by atoms with Gasteiger partial charge in [0.2, 0.25) is 0 Å². The molecule has 0 radical (unpaired) electrons. The van der Waals surface area contributed by atoms with E-state index in [0.29, 0.717) is 0 Å². The minimum absolute atomic E-state index is 0.139. The van der Waals surface area contributed by atoms with Gasteiger partial charge in [-0.1, -0.05) is 12.1 Å². The van der Waals surface area contributed by atoms with Crippen LogP contribution < -0.4 is 5.32 Å². The highest BCUT2D eigenvalue weighted by atomic mass is 32.2. The first kappa shape index (κ1) is 12.4. The molecule has 2 rings (SSSR count). The van der Waals surface area contributed by atoms with Crippen molar-refractivity contribution in [2.24, 2.45) is 0 Å². The average Bonchev–Trinajstić information content (AvgIpc) is 2.28. The smallest absolute Gasteiger partial charge is 0.156 e. The van der Waals surface area contributed by atoms with Gasteiger partial charge in [0, 0.05) is 12.2 Å². The summed E-state index contributed by atoms with van der Waals surface area (Å²) in [6.45, 7) is 4.44. The van der Waals surface area contributed by atoms with Gasteiger partial charge in [0.1, 0.15) is 0 Å². The summed E-state index contributed by atoms with van der Waals surface area (Å²) in [5, 5.41) is 3.01. The van der Waals surface area contributed by atoms with Crippen molar-refractivity contribution >= 4 is 15.5 Å². The number of hydrogen-bond acceptors (Lipinski definition) is 3. The summed E-state index contributed by atoms with van der Waals surface area (Å²) in [7, 11) is -3.01. The molecule has 1 heterocycles. The van der Waals surface area contributed by atoms with E-state index < -0.39 is 9.84 Å². The summed E-state index contributed by atoms with van der Waals surface area (Å²) in [5.41, 5.74) is 3.28. The van der Waals surface area contributed by atoms with E-state index in [0.717, 1.165) is 30.6 Å². The van der Waals surface area contributed by atoms with Gasteiger partial charge in [-0.15, -0.1) is 0 Å². The first-order valence-electron chi connectivity index (χ1n) is 6.06. The molecule has 1 N–H and O–H groups in total. The Bertz CT molecular complexity index is 506. The van der Waals surface area contributed by atoms with Gasteiger partial charge in [-0.2, -0.15) is 0 Å². The third kappa shape index (κ3) is 2.80. The van der Waals surface area contributed by atoms with Crippen LogP contribution in [-0.4, -0.2) is 20.2 Å². The average molecular weight is 253 g/mol. The van der Waals surface area contributed by atoms with Crippen LogP contribution >= 0.6 is 0 Å². The Morgan fingerprint density at radius 3 is 2.82 bits per heavy atom. The summed E-state index contributed by atoms with van der Waals surface area (Å²) < 4.78 is 23.7. The maximum Gasteiger partial charge on any atom is 0.156 e. The van der Waals surface area contributed by atoms with E-state index in [2.05, 4.69) is 5.32 Å². The standard InChI is InChI=1S/C13H19NO2S/c1-10(2)17(15,16)9-11-5-6-12-4-3-7-14-13(12)8-11/h5-6,8,10,14H,3-4,7,9H2,1-2H3. The SMILES string of the molecule is CC(C)S(=O)(=O)Cc1ccc2c(c1)NCCC2. The van der Waals surface area contributed by atoms with Crippen molar-refractivity contribution in [2.45, 2.75) is 37.7 Å². The van der Waals surface area contributed by atoms with E-state index in [1.54, 1.807) is 13.8 Å². The largest absolute Gasteiger partial charge is 0.385 e. The fraction of sp³-hybridized carbons (Fsp3) is 0.538. The minimum Gasteiger partial charge on any atom is -0.385 e. The number of anilines is 1. The van der Waals surface area contributed by atoms with Crippen LogP contribution in [0.4, 0.5) is 5.69 Å². The second-order valence-electron chi connectivity index (χ2n) is 4.88. The molecule has 0 bridgehead atoms. The van der Waals surface area contributed by atoms with Gasteiger partial charge < -0.3 is 5.32 Å². The zero-order chi connectivity index (χ0) is 12.5. The topological polar surface area (TPSA) is 46.2 Å². The molecule has 0 aromatic heterocycles. The molecule has 0 saturated heterocycles. The number of fused-ring (bicyclic) bond motifs is 1. The Morgan fingerprint density at radius 2 is 2.12 bits per heavy atom. The molecule has 0 spiro atoms. The summed E-state index contributed by atoms with van der Waals surface area (Å²) in [5.74, 6) is 0.139. The van der Waals surface area contributed by atoms with E-state index >= 15 is 0 Å². The van der Waals surface area contributed by atoms with Crippen molar-refractivity contribution < 1.29 is 8.42 Å². The molecule has 0 atom stereocenters. The third-order valence-corrected chi connectivity index (χ3v) is 5.37. The van der Waals surface area contributed by atoms with Crippen molar-refractivity contribution in [3.63, 3.8) is 0 Å². The van der Waals surface area contributed by atoms with Crippen LogP contribution in [0.3, 0.4) is 0 Å². The molecule has 0 fully saturated rings. The summed E-state index contributed by atoms with van der Waals surface area (Å²) in [6.07, 6.45) is 2.23. The van der Waals surface area contributed by atoms with Gasteiger partial charge in [0.25, 0.3) is 0 Å². The summed E-state index contributed by atoms with van der Waals surface area (Å²) >= 11 is 0. The van der Waals surface area contributed by atoms with E-state index in [1.807, 2.05) is 18.2 Å². The van der Waals surface area contributed by atoms with Crippen molar-refractivity contribution in [1.82, 2.24) is 0 Å². The van der Waals surface area contributed by atoms with Crippen LogP contribution in [0.25, 0.3) is 0 Å². The highest BCUT2D eigenvalue weighted by molar-refractivity contribution is 7.91. The molecule has 4 heteroatoms. The molecule has 94 valence electrons. The van der Waals surface area contributed by atoms with Crippen LogP contribution in [0.1, 0.15) is 31.4 Å². The van der Waals surface area contributed by atoms with Gasteiger partial charge in [-0.05, 0) is 43.9 Å². The number of nitrogens with one attached hydrogen (secondary N) is 1. The first-order chi connectivity index (χ1) is 7.99. The van der Waals surface area contributed by atoms with Crippen LogP contribution in [-0.2, 0) is 22.0 Å². The minimum atomic E-state index is -3.01. The normalized spacial score (nSPS) is 15.5. The van der Waals surface area contributed by atoms with Gasteiger partial charge in [0.05, 0.1) is 11.0 Å². The number of sulfone groups is 1. The number of aryl methyl sites for hydroxylation is 1. The Kier molecular flexibility index (Phi) is 3.43. The van der Waals surface area contributed by atoms with Gasteiger partial charge in [-0.3, -0.25) is 0 Å². The van der Waals surface area contributed by atoms with Crippen molar-refractivity contribution in [1.29, 1.82) is 0 Å². The quantitative estimate of drug-likeness (QED) is 0.899. The Labute approximate surface area is 103 Å². The highest BCUT2D eigenvalue weighted by Gasteiger charge is 2.18. The zero-order valence-corrected chi connectivity index (χ0v) is 11.2. The van der Waals surface area contributed by atoms with Crippen molar-refractivity contribution in [3.05, 3.63) is 29.3 Å². The van der Waals surface area contributed by atoms with E-state index in [4.69, 9.17) is 0 Å². The van der Waals surface area contributed by atoms with Crippen LogP contribution in [0.2, 0.25) is 0 Å². The molecule has 1 aromatic carbocycles. The molecule has 0 saturated carbocycles. The zero-order valence-electron chi connectivity index (χ0n) is 10.4. The molecule has 0 amide bonds. The summed E-state index contributed by atoms with van der Waals surface area (Å²) in [6, 6.07) is 5.97. The lowest BCUT2D eigenvalue weighted by Gasteiger charge is -2.19. The molecule has 1 aliphatic rings. The molecule has 3 nitrogen and oxygen atoms in total. The van der Waals surface area contributed by atoms with Gasteiger partial charge in [0.15, 0.2) is 9.84 Å². The van der Waals surface area contributed by atoms with E-state index in [-0.39, 0.29) is 11.0 Å². The Morgan fingerprint density at radius 1 is 1.35 bits per heavy atom. The predicted molar refractivity (Wildman–Crippen MR) is 71.0 cm³/mol. The molecule has 17 heavy (non-hydrogen) atoms. The lowest BCUT2D eigenvalue weighted by Crippen LogP contribution is -2.17. The fourth-order valence-corrected chi connectivity index (χ4v) is 2.97. The number of hydrogen-bond donors (Lipinski definition) is 1. The Hall–Kier alpha value is -1.03. The Balaban J connectivity index is 2.23. The molecule has 1 aliphatic heterocycles. The lowest BCUT2D eigenvalue weighted by molar-refractivity contribution is 0.586. The van der Waals surface area contributed by atoms with E-state index in [1.165, 1.54) is 5.56 Å². The highest BCUT2D eigenvalue weighted by Crippen LogP contribution is 2.24. The predicted octanol–water partition coefficient (Wildman–Crippen LogP) is 2.37. The summed E-state index contributed by atoms with van der Waals surface area (Å²) in [4.78, 5) is 0.